The van der Waals surface area contributed by atoms with Gasteiger partial charge in [-0.25, -0.2) is 4.98 Å². The number of hydrogen-bond acceptors (Lipinski definition) is 5. The molecule has 0 saturated heterocycles. The number of methoxy groups -OCH3 is 1. The molecule has 0 amide bonds. The van der Waals surface area contributed by atoms with Crippen LogP contribution in [-0.4, -0.2) is 17.2 Å². The third kappa shape index (κ3) is 2.84. The van der Waals surface area contributed by atoms with Crippen molar-refractivity contribution in [2.45, 2.75) is 12.5 Å². The fourth-order valence-corrected chi connectivity index (χ4v) is 3.21. The maximum absolute atomic E-state index is 9.61. The minimum absolute atomic E-state index is 0.134. The van der Waals surface area contributed by atoms with Crippen LogP contribution in [0.4, 0.5) is 0 Å². The molecule has 5 heteroatoms. The first-order chi connectivity index (χ1) is 10.2. The topological polar surface area (TPSA) is 68.4 Å². The number of hydrogen-bond donors (Lipinski definition) is 2. The van der Waals surface area contributed by atoms with E-state index >= 15 is 0 Å². The summed E-state index contributed by atoms with van der Waals surface area (Å²) in [6.45, 7) is 0. The van der Waals surface area contributed by atoms with Crippen molar-refractivity contribution in [3.8, 4) is 11.5 Å². The highest BCUT2D eigenvalue weighted by molar-refractivity contribution is 7.18. The number of benzene rings is 2. The van der Waals surface area contributed by atoms with E-state index in [4.69, 9.17) is 10.5 Å². The van der Waals surface area contributed by atoms with Crippen LogP contribution < -0.4 is 10.5 Å². The number of thiazole rings is 1. The third-order valence-corrected chi connectivity index (χ3v) is 4.50. The van der Waals surface area contributed by atoms with E-state index in [1.807, 2.05) is 36.4 Å². The van der Waals surface area contributed by atoms with Crippen LogP contribution in [0.1, 0.15) is 16.6 Å². The predicted octanol–water partition coefficient (Wildman–Crippen LogP) is 3.25. The molecule has 0 radical (unpaired) electrons. The van der Waals surface area contributed by atoms with Gasteiger partial charge in [0.15, 0.2) is 11.5 Å². The van der Waals surface area contributed by atoms with Gasteiger partial charge < -0.3 is 15.6 Å². The lowest BCUT2D eigenvalue weighted by Crippen LogP contribution is -2.13. The van der Waals surface area contributed by atoms with E-state index < -0.39 is 0 Å². The van der Waals surface area contributed by atoms with Crippen LogP contribution >= 0.6 is 11.3 Å². The average molecular weight is 300 g/mol. The average Bonchev–Trinajstić information content (AvgIpc) is 2.93. The second kappa shape index (κ2) is 5.71. The van der Waals surface area contributed by atoms with Gasteiger partial charge in [-0.15, -0.1) is 11.3 Å². The number of ether oxygens (including phenoxy) is 1. The van der Waals surface area contributed by atoms with E-state index in [0.29, 0.717) is 12.2 Å². The molecular weight excluding hydrogens is 284 g/mol. The van der Waals surface area contributed by atoms with Crippen LogP contribution in [-0.2, 0) is 6.42 Å². The number of rotatable bonds is 4. The highest BCUT2D eigenvalue weighted by Gasteiger charge is 2.13. The lowest BCUT2D eigenvalue weighted by Gasteiger charge is -2.10. The first kappa shape index (κ1) is 13.9. The van der Waals surface area contributed by atoms with Gasteiger partial charge in [-0.2, -0.15) is 0 Å². The quantitative estimate of drug-likeness (QED) is 0.776. The second-order valence-electron chi connectivity index (χ2n) is 4.84. The molecule has 0 aliphatic heterocycles. The van der Waals surface area contributed by atoms with Gasteiger partial charge in [0.25, 0.3) is 0 Å². The molecule has 3 aromatic rings. The fraction of sp³-hybridized carbons (Fsp3) is 0.188. The Labute approximate surface area is 126 Å². The van der Waals surface area contributed by atoms with Gasteiger partial charge in [-0.05, 0) is 36.2 Å². The van der Waals surface area contributed by atoms with Gasteiger partial charge in [-0.3, -0.25) is 0 Å². The van der Waals surface area contributed by atoms with Crippen molar-refractivity contribution in [3.05, 3.63) is 53.0 Å². The Balaban J connectivity index is 1.83. The standard InChI is InChI=1S/C16H16N2O2S/c1-20-14-9-10(6-7-13(14)19)8-11(17)16-18-12-4-2-3-5-15(12)21-16/h2-7,9,11,19H,8,17H2,1H3. The minimum Gasteiger partial charge on any atom is -0.504 e. The highest BCUT2D eigenvalue weighted by Crippen LogP contribution is 2.30. The van der Waals surface area contributed by atoms with Gasteiger partial charge in [-0.1, -0.05) is 18.2 Å². The first-order valence-electron chi connectivity index (χ1n) is 6.64. The van der Waals surface area contributed by atoms with Crippen LogP contribution in [0.15, 0.2) is 42.5 Å². The zero-order chi connectivity index (χ0) is 14.8. The van der Waals surface area contributed by atoms with Gasteiger partial charge >= 0.3 is 0 Å². The highest BCUT2D eigenvalue weighted by atomic mass is 32.1. The largest absolute Gasteiger partial charge is 0.504 e. The number of nitrogens with zero attached hydrogens (tertiary/aromatic N) is 1. The summed E-state index contributed by atoms with van der Waals surface area (Å²) in [5.74, 6) is 0.596. The van der Waals surface area contributed by atoms with Crippen LogP contribution in [0.5, 0.6) is 11.5 Å². The molecule has 4 nitrogen and oxygen atoms in total. The number of aromatic hydroxyl groups is 1. The maximum atomic E-state index is 9.61. The summed E-state index contributed by atoms with van der Waals surface area (Å²) in [7, 11) is 1.53. The van der Waals surface area contributed by atoms with Crippen LogP contribution in [0.3, 0.4) is 0 Å². The summed E-state index contributed by atoms with van der Waals surface area (Å²) >= 11 is 1.62. The maximum Gasteiger partial charge on any atom is 0.160 e. The zero-order valence-electron chi connectivity index (χ0n) is 11.6. The van der Waals surface area contributed by atoms with Crippen molar-refractivity contribution < 1.29 is 9.84 Å². The van der Waals surface area contributed by atoms with Crippen molar-refractivity contribution in [2.24, 2.45) is 5.73 Å². The van der Waals surface area contributed by atoms with E-state index in [1.54, 1.807) is 17.4 Å². The number of phenolic OH excluding ortho intramolecular Hbond substituents is 1. The molecule has 1 unspecified atom stereocenters. The number of phenols is 1. The molecular formula is C16H16N2O2S. The molecule has 108 valence electrons. The van der Waals surface area contributed by atoms with Crippen LogP contribution in [0.25, 0.3) is 10.2 Å². The van der Waals surface area contributed by atoms with Crippen molar-refractivity contribution >= 4 is 21.6 Å². The number of nitrogens with two attached hydrogens (primary N) is 1. The molecule has 0 aliphatic carbocycles. The van der Waals surface area contributed by atoms with Crippen LogP contribution in [0.2, 0.25) is 0 Å². The molecule has 21 heavy (non-hydrogen) atoms. The summed E-state index contributed by atoms with van der Waals surface area (Å²) in [6.07, 6.45) is 0.649. The normalized spacial score (nSPS) is 12.5. The van der Waals surface area contributed by atoms with Crippen molar-refractivity contribution in [3.63, 3.8) is 0 Å². The van der Waals surface area contributed by atoms with Crippen molar-refractivity contribution in [1.82, 2.24) is 4.98 Å². The Morgan fingerprint density at radius 2 is 2.10 bits per heavy atom. The van der Waals surface area contributed by atoms with Crippen molar-refractivity contribution in [1.29, 1.82) is 0 Å². The van der Waals surface area contributed by atoms with Gasteiger partial charge in [0, 0.05) is 0 Å². The number of fused-ring (bicyclic) bond motifs is 1. The molecule has 2 aromatic carbocycles. The Kier molecular flexibility index (Phi) is 3.77. The summed E-state index contributed by atoms with van der Waals surface area (Å²) in [4.78, 5) is 4.58. The molecule has 3 N–H and O–H groups in total. The summed E-state index contributed by atoms with van der Waals surface area (Å²) in [6, 6.07) is 13.1. The molecule has 0 aliphatic rings. The van der Waals surface area contributed by atoms with Crippen LogP contribution in [0, 0.1) is 0 Å². The third-order valence-electron chi connectivity index (χ3n) is 3.33. The Morgan fingerprint density at radius 3 is 2.86 bits per heavy atom. The zero-order valence-corrected chi connectivity index (χ0v) is 12.4. The van der Waals surface area contributed by atoms with E-state index in [0.717, 1.165) is 20.8 Å². The summed E-state index contributed by atoms with van der Waals surface area (Å²) in [5.41, 5.74) is 8.26. The second-order valence-corrected chi connectivity index (χ2v) is 5.90. The Bertz CT molecular complexity index is 737. The summed E-state index contributed by atoms with van der Waals surface area (Å²) < 4.78 is 6.26. The van der Waals surface area contributed by atoms with E-state index in [-0.39, 0.29) is 11.8 Å². The number of para-hydroxylation sites is 1. The molecule has 0 fully saturated rings. The molecule has 0 saturated carbocycles. The Morgan fingerprint density at radius 1 is 1.29 bits per heavy atom. The fourth-order valence-electron chi connectivity index (χ4n) is 2.24. The first-order valence-corrected chi connectivity index (χ1v) is 7.46. The molecule has 1 aromatic heterocycles. The monoisotopic (exact) mass is 300 g/mol. The van der Waals surface area contributed by atoms with Gasteiger partial charge in [0.05, 0.1) is 23.4 Å². The smallest absolute Gasteiger partial charge is 0.160 e. The summed E-state index contributed by atoms with van der Waals surface area (Å²) in [5, 5.41) is 10.5. The minimum atomic E-state index is -0.170. The molecule has 3 rings (SSSR count). The lowest BCUT2D eigenvalue weighted by atomic mass is 10.1. The SMILES string of the molecule is COc1cc(CC(N)c2nc3ccccc3s2)ccc1O. The van der Waals surface area contributed by atoms with E-state index in [2.05, 4.69) is 4.98 Å². The molecule has 1 atom stereocenters. The predicted molar refractivity (Wildman–Crippen MR) is 84.9 cm³/mol. The van der Waals surface area contributed by atoms with Crippen molar-refractivity contribution in [2.75, 3.05) is 7.11 Å². The van der Waals surface area contributed by atoms with Gasteiger partial charge in [0.1, 0.15) is 5.01 Å². The van der Waals surface area contributed by atoms with E-state index in [1.165, 1.54) is 7.11 Å². The Hall–Kier alpha value is -2.11. The lowest BCUT2D eigenvalue weighted by molar-refractivity contribution is 0.373. The number of aromatic nitrogens is 1. The molecule has 1 heterocycles. The van der Waals surface area contributed by atoms with E-state index in [9.17, 15) is 5.11 Å². The van der Waals surface area contributed by atoms with Gasteiger partial charge in [0.2, 0.25) is 0 Å². The molecule has 0 spiro atoms. The molecule has 0 bridgehead atoms.